The van der Waals surface area contributed by atoms with Crippen LogP contribution in [0.15, 0.2) is 18.3 Å². The summed E-state index contributed by atoms with van der Waals surface area (Å²) in [5.41, 5.74) is 1.01. The number of piperidine rings is 1. The van der Waals surface area contributed by atoms with Crippen LogP contribution in [0.1, 0.15) is 38.3 Å². The molecular weight excluding hydrogens is 212 g/mol. The molecule has 1 aliphatic rings. The van der Waals surface area contributed by atoms with E-state index < -0.39 is 0 Å². The second kappa shape index (κ2) is 6.67. The number of nitrogens with zero attached hydrogens (tertiary/aromatic N) is 2. The highest BCUT2D eigenvalue weighted by Gasteiger charge is 2.15. The molecule has 2 atom stereocenters. The van der Waals surface area contributed by atoms with Crippen LogP contribution in [-0.2, 0) is 6.54 Å². The molecule has 1 aromatic rings. The Morgan fingerprint density at radius 3 is 3.18 bits per heavy atom. The maximum absolute atomic E-state index is 4.07. The summed E-state index contributed by atoms with van der Waals surface area (Å²) in [6.07, 6.45) is 6.92. The number of nitrogens with one attached hydrogen (secondary N) is 2. The zero-order valence-corrected chi connectivity index (χ0v) is 10.5. The lowest BCUT2D eigenvalue weighted by molar-refractivity contribution is 0.344. The molecule has 4 heteroatoms. The van der Waals surface area contributed by atoms with Crippen molar-refractivity contribution in [2.24, 2.45) is 0 Å². The largest absolute Gasteiger partial charge is 0.314 e. The molecule has 4 nitrogen and oxygen atoms in total. The van der Waals surface area contributed by atoms with Crippen molar-refractivity contribution in [2.75, 3.05) is 6.54 Å². The minimum absolute atomic E-state index is 0.521. The van der Waals surface area contributed by atoms with Crippen LogP contribution in [0.4, 0.5) is 0 Å². The fourth-order valence-electron chi connectivity index (χ4n) is 2.34. The first kappa shape index (κ1) is 12.5. The quantitative estimate of drug-likeness (QED) is 0.810. The highest BCUT2D eigenvalue weighted by molar-refractivity contribution is 4.98. The summed E-state index contributed by atoms with van der Waals surface area (Å²) in [5.74, 6) is 0. The highest BCUT2D eigenvalue weighted by Crippen LogP contribution is 2.11. The van der Waals surface area contributed by atoms with E-state index >= 15 is 0 Å². The van der Waals surface area contributed by atoms with E-state index in [0.29, 0.717) is 12.1 Å². The van der Waals surface area contributed by atoms with Crippen molar-refractivity contribution in [3.8, 4) is 0 Å². The van der Waals surface area contributed by atoms with E-state index in [-0.39, 0.29) is 0 Å². The van der Waals surface area contributed by atoms with Crippen LogP contribution in [-0.4, -0.2) is 28.8 Å². The molecule has 0 saturated carbocycles. The van der Waals surface area contributed by atoms with Gasteiger partial charge in [0.15, 0.2) is 0 Å². The Morgan fingerprint density at radius 2 is 2.47 bits per heavy atom. The van der Waals surface area contributed by atoms with E-state index in [1.807, 2.05) is 12.1 Å². The van der Waals surface area contributed by atoms with Gasteiger partial charge < -0.3 is 10.6 Å². The van der Waals surface area contributed by atoms with E-state index in [1.54, 1.807) is 6.20 Å². The highest BCUT2D eigenvalue weighted by atomic mass is 15.1. The second-order valence-electron chi connectivity index (χ2n) is 4.88. The topological polar surface area (TPSA) is 49.8 Å². The third-order valence-corrected chi connectivity index (χ3v) is 3.31. The Kier molecular flexibility index (Phi) is 4.88. The van der Waals surface area contributed by atoms with Gasteiger partial charge in [0, 0.05) is 24.8 Å². The van der Waals surface area contributed by atoms with Gasteiger partial charge in [-0.25, -0.2) is 0 Å². The third kappa shape index (κ3) is 4.40. The third-order valence-electron chi connectivity index (χ3n) is 3.31. The average Bonchev–Trinajstić information content (AvgIpc) is 2.39. The molecule has 0 radical (unpaired) electrons. The van der Waals surface area contributed by atoms with Gasteiger partial charge in [0.2, 0.25) is 0 Å². The number of rotatable bonds is 5. The SMILES string of the molecule is CC(CC1CCCCN1)NCc1cccnn1. The van der Waals surface area contributed by atoms with Crippen LogP contribution >= 0.6 is 0 Å². The molecule has 1 fully saturated rings. The summed E-state index contributed by atoms with van der Waals surface area (Å²) in [6.45, 7) is 4.23. The van der Waals surface area contributed by atoms with Gasteiger partial charge in [0.25, 0.3) is 0 Å². The van der Waals surface area contributed by atoms with Gasteiger partial charge in [0.05, 0.1) is 5.69 Å². The molecule has 0 amide bonds. The van der Waals surface area contributed by atoms with E-state index in [2.05, 4.69) is 27.8 Å². The van der Waals surface area contributed by atoms with Gasteiger partial charge in [-0.15, -0.1) is 0 Å². The molecule has 2 N–H and O–H groups in total. The fraction of sp³-hybridized carbons (Fsp3) is 0.692. The van der Waals surface area contributed by atoms with Gasteiger partial charge in [0.1, 0.15) is 0 Å². The first-order chi connectivity index (χ1) is 8.34. The number of aromatic nitrogens is 2. The zero-order chi connectivity index (χ0) is 11.9. The Hall–Kier alpha value is -1.00. The summed E-state index contributed by atoms with van der Waals surface area (Å²) in [4.78, 5) is 0. The monoisotopic (exact) mass is 234 g/mol. The van der Waals surface area contributed by atoms with Crippen LogP contribution in [0.25, 0.3) is 0 Å². The van der Waals surface area contributed by atoms with E-state index in [0.717, 1.165) is 12.2 Å². The van der Waals surface area contributed by atoms with Crippen molar-refractivity contribution >= 4 is 0 Å². The molecule has 0 aliphatic carbocycles. The van der Waals surface area contributed by atoms with Crippen LogP contribution in [0.5, 0.6) is 0 Å². The first-order valence-electron chi connectivity index (χ1n) is 6.58. The van der Waals surface area contributed by atoms with Crippen molar-refractivity contribution in [2.45, 2.75) is 51.2 Å². The predicted molar refractivity (Wildman–Crippen MR) is 68.6 cm³/mol. The maximum atomic E-state index is 4.07. The molecule has 0 bridgehead atoms. The summed E-state index contributed by atoms with van der Waals surface area (Å²) < 4.78 is 0. The fourth-order valence-corrected chi connectivity index (χ4v) is 2.34. The van der Waals surface area contributed by atoms with Crippen LogP contribution in [0, 0.1) is 0 Å². The van der Waals surface area contributed by atoms with Crippen molar-refractivity contribution in [1.82, 2.24) is 20.8 Å². The molecule has 17 heavy (non-hydrogen) atoms. The lowest BCUT2D eigenvalue weighted by atomic mass is 9.99. The molecule has 2 unspecified atom stereocenters. The Balaban J connectivity index is 1.68. The molecule has 0 aromatic carbocycles. The summed E-state index contributed by atoms with van der Waals surface area (Å²) in [6, 6.07) is 5.14. The van der Waals surface area contributed by atoms with Gasteiger partial charge in [-0.1, -0.05) is 6.42 Å². The normalized spacial score (nSPS) is 22.3. The lowest BCUT2D eigenvalue weighted by Crippen LogP contribution is -2.39. The molecule has 2 heterocycles. The number of hydrogen-bond donors (Lipinski definition) is 2. The standard InChI is InChI=1S/C13H22N4/c1-11(9-12-5-2-3-7-14-12)15-10-13-6-4-8-16-17-13/h4,6,8,11-12,14-15H,2-3,5,7,9-10H2,1H3. The average molecular weight is 234 g/mol. The van der Waals surface area contributed by atoms with Crippen molar-refractivity contribution < 1.29 is 0 Å². The number of hydrogen-bond acceptors (Lipinski definition) is 4. The summed E-state index contributed by atoms with van der Waals surface area (Å²) in [7, 11) is 0. The molecule has 1 aromatic heterocycles. The smallest absolute Gasteiger partial charge is 0.0769 e. The van der Waals surface area contributed by atoms with Gasteiger partial charge in [-0.3, -0.25) is 0 Å². The van der Waals surface area contributed by atoms with E-state index in [4.69, 9.17) is 0 Å². The minimum Gasteiger partial charge on any atom is -0.314 e. The Labute approximate surface area is 103 Å². The maximum Gasteiger partial charge on any atom is 0.0769 e. The molecule has 1 aliphatic heterocycles. The van der Waals surface area contributed by atoms with Crippen molar-refractivity contribution in [3.05, 3.63) is 24.0 Å². The summed E-state index contributed by atoms with van der Waals surface area (Å²) in [5, 5.41) is 15.0. The molecule has 0 spiro atoms. The van der Waals surface area contributed by atoms with Crippen LogP contribution in [0.2, 0.25) is 0 Å². The minimum atomic E-state index is 0.521. The second-order valence-corrected chi connectivity index (χ2v) is 4.88. The zero-order valence-electron chi connectivity index (χ0n) is 10.5. The van der Waals surface area contributed by atoms with Gasteiger partial charge >= 0.3 is 0 Å². The van der Waals surface area contributed by atoms with Crippen molar-refractivity contribution in [3.63, 3.8) is 0 Å². The van der Waals surface area contributed by atoms with Crippen LogP contribution in [0.3, 0.4) is 0 Å². The van der Waals surface area contributed by atoms with Gasteiger partial charge in [-0.05, 0) is 44.9 Å². The Morgan fingerprint density at radius 1 is 1.53 bits per heavy atom. The van der Waals surface area contributed by atoms with Gasteiger partial charge in [-0.2, -0.15) is 10.2 Å². The lowest BCUT2D eigenvalue weighted by Gasteiger charge is -2.26. The van der Waals surface area contributed by atoms with Crippen LogP contribution < -0.4 is 10.6 Å². The Bertz CT molecular complexity index is 308. The summed E-state index contributed by atoms with van der Waals surface area (Å²) >= 11 is 0. The van der Waals surface area contributed by atoms with Crippen molar-refractivity contribution in [1.29, 1.82) is 0 Å². The molecule has 94 valence electrons. The first-order valence-corrected chi connectivity index (χ1v) is 6.58. The van der Waals surface area contributed by atoms with E-state index in [1.165, 1.54) is 32.2 Å². The molecule has 2 rings (SSSR count). The predicted octanol–water partition coefficient (Wildman–Crippen LogP) is 1.49. The van der Waals surface area contributed by atoms with E-state index in [9.17, 15) is 0 Å². The molecule has 1 saturated heterocycles. The molecular formula is C13H22N4.